The molecular formula is C20H32N2O. The molecule has 1 saturated heterocycles. The molecule has 2 atom stereocenters. The zero-order chi connectivity index (χ0) is 16.7. The number of hydrogen-bond acceptors (Lipinski definition) is 2. The summed E-state index contributed by atoms with van der Waals surface area (Å²) >= 11 is 0. The van der Waals surface area contributed by atoms with Crippen LogP contribution < -0.4 is 5.32 Å². The highest BCUT2D eigenvalue weighted by Gasteiger charge is 2.31. The molecule has 0 radical (unpaired) electrons. The molecule has 0 saturated carbocycles. The Kier molecular flexibility index (Phi) is 7.10. The molecule has 0 spiro atoms. The fraction of sp³-hybridized carbons (Fsp3) is 0.650. The van der Waals surface area contributed by atoms with Gasteiger partial charge >= 0.3 is 0 Å². The molecule has 2 rings (SSSR count). The average Bonchev–Trinajstić information content (AvgIpc) is 2.61. The van der Waals surface area contributed by atoms with Crippen molar-refractivity contribution in [2.75, 3.05) is 13.1 Å². The van der Waals surface area contributed by atoms with Gasteiger partial charge in [-0.15, -0.1) is 0 Å². The van der Waals surface area contributed by atoms with Crippen LogP contribution in [0.1, 0.15) is 52.0 Å². The lowest BCUT2D eigenvalue weighted by molar-refractivity contribution is -0.138. The maximum Gasteiger partial charge on any atom is 0.225 e. The molecule has 128 valence electrons. The first-order valence-electron chi connectivity index (χ1n) is 9.23. The van der Waals surface area contributed by atoms with Crippen molar-refractivity contribution in [2.45, 2.75) is 59.0 Å². The van der Waals surface area contributed by atoms with Crippen LogP contribution in [-0.2, 0) is 11.3 Å². The molecule has 1 fully saturated rings. The van der Waals surface area contributed by atoms with Crippen molar-refractivity contribution in [2.24, 2.45) is 11.8 Å². The van der Waals surface area contributed by atoms with Gasteiger partial charge in [-0.1, -0.05) is 57.5 Å². The van der Waals surface area contributed by atoms with E-state index in [0.29, 0.717) is 17.9 Å². The quantitative estimate of drug-likeness (QED) is 0.829. The maximum absolute atomic E-state index is 12.7. The third-order valence-corrected chi connectivity index (χ3v) is 5.20. The molecule has 0 aromatic heterocycles. The number of piperidine rings is 1. The lowest BCUT2D eigenvalue weighted by Crippen LogP contribution is -2.52. The number of rotatable bonds is 7. The van der Waals surface area contributed by atoms with E-state index in [2.05, 4.69) is 55.3 Å². The number of nitrogens with one attached hydrogen (secondary N) is 1. The van der Waals surface area contributed by atoms with E-state index in [0.717, 1.165) is 38.9 Å². The Morgan fingerprint density at radius 2 is 1.87 bits per heavy atom. The minimum absolute atomic E-state index is 0.195. The number of carbonyl (C=O) groups excluding carboxylic acids is 1. The Labute approximate surface area is 141 Å². The van der Waals surface area contributed by atoms with Gasteiger partial charge in [0, 0.05) is 31.6 Å². The van der Waals surface area contributed by atoms with Crippen LogP contribution >= 0.6 is 0 Å². The van der Waals surface area contributed by atoms with E-state index in [-0.39, 0.29) is 5.92 Å². The van der Waals surface area contributed by atoms with Crippen molar-refractivity contribution in [3.8, 4) is 0 Å². The standard InChI is InChI=1S/C20H32N2O/c1-4-16-12-19(21-13-17-10-8-7-9-11-17)15-22(14-16)20(23)18(5-2)6-3/h7-11,16,18-19,21H,4-6,12-15H2,1-3H3. The summed E-state index contributed by atoms with van der Waals surface area (Å²) in [7, 11) is 0. The molecule has 2 unspecified atom stereocenters. The zero-order valence-electron chi connectivity index (χ0n) is 14.9. The minimum Gasteiger partial charge on any atom is -0.341 e. The van der Waals surface area contributed by atoms with Crippen molar-refractivity contribution in [3.05, 3.63) is 35.9 Å². The summed E-state index contributed by atoms with van der Waals surface area (Å²) in [5, 5.41) is 3.67. The molecule has 1 heterocycles. The number of carbonyl (C=O) groups is 1. The first kappa shape index (κ1) is 18.0. The molecule has 0 aliphatic carbocycles. The van der Waals surface area contributed by atoms with Crippen molar-refractivity contribution in [1.82, 2.24) is 10.2 Å². The Bertz CT molecular complexity index is 470. The second kappa shape index (κ2) is 9.07. The summed E-state index contributed by atoms with van der Waals surface area (Å²) in [6.07, 6.45) is 4.22. The molecular weight excluding hydrogens is 284 g/mol. The van der Waals surface area contributed by atoms with Gasteiger partial charge in [0.25, 0.3) is 0 Å². The zero-order valence-corrected chi connectivity index (χ0v) is 14.9. The average molecular weight is 316 g/mol. The van der Waals surface area contributed by atoms with Crippen LogP contribution in [0.5, 0.6) is 0 Å². The number of amides is 1. The van der Waals surface area contributed by atoms with Crippen LogP contribution in [-0.4, -0.2) is 29.9 Å². The Morgan fingerprint density at radius 3 is 2.48 bits per heavy atom. The molecule has 1 aliphatic heterocycles. The van der Waals surface area contributed by atoms with Gasteiger partial charge in [-0.25, -0.2) is 0 Å². The first-order valence-corrected chi connectivity index (χ1v) is 9.23. The summed E-state index contributed by atoms with van der Waals surface area (Å²) in [4.78, 5) is 14.9. The van der Waals surface area contributed by atoms with Crippen molar-refractivity contribution < 1.29 is 4.79 Å². The van der Waals surface area contributed by atoms with Crippen LogP contribution in [0.15, 0.2) is 30.3 Å². The van der Waals surface area contributed by atoms with Gasteiger partial charge in [-0.2, -0.15) is 0 Å². The van der Waals surface area contributed by atoms with Crippen LogP contribution in [0, 0.1) is 11.8 Å². The van der Waals surface area contributed by atoms with Crippen molar-refractivity contribution in [3.63, 3.8) is 0 Å². The van der Waals surface area contributed by atoms with Crippen LogP contribution in [0.4, 0.5) is 0 Å². The van der Waals surface area contributed by atoms with Gasteiger partial charge in [0.15, 0.2) is 0 Å². The fourth-order valence-corrected chi connectivity index (χ4v) is 3.58. The third-order valence-electron chi connectivity index (χ3n) is 5.20. The predicted molar refractivity (Wildman–Crippen MR) is 96.1 cm³/mol. The first-order chi connectivity index (χ1) is 11.2. The molecule has 1 aliphatic rings. The van der Waals surface area contributed by atoms with Crippen LogP contribution in [0.3, 0.4) is 0 Å². The Morgan fingerprint density at radius 1 is 1.17 bits per heavy atom. The summed E-state index contributed by atoms with van der Waals surface area (Å²) < 4.78 is 0. The number of nitrogens with zero attached hydrogens (tertiary/aromatic N) is 1. The van der Waals surface area contributed by atoms with Gasteiger partial charge in [-0.05, 0) is 30.7 Å². The van der Waals surface area contributed by atoms with E-state index in [1.807, 2.05) is 6.07 Å². The molecule has 1 aromatic carbocycles. The Balaban J connectivity index is 1.96. The third kappa shape index (κ3) is 5.07. The molecule has 3 nitrogen and oxygen atoms in total. The van der Waals surface area contributed by atoms with Crippen LogP contribution in [0.25, 0.3) is 0 Å². The monoisotopic (exact) mass is 316 g/mol. The normalized spacial score (nSPS) is 21.7. The SMILES string of the molecule is CCC1CC(NCc2ccccc2)CN(C(=O)C(CC)CC)C1. The summed E-state index contributed by atoms with van der Waals surface area (Å²) in [5.41, 5.74) is 1.31. The molecule has 1 N–H and O–H groups in total. The molecule has 1 aromatic rings. The van der Waals surface area contributed by atoms with Gasteiger partial charge < -0.3 is 10.2 Å². The lowest BCUT2D eigenvalue weighted by atomic mass is 9.90. The summed E-state index contributed by atoms with van der Waals surface area (Å²) in [6, 6.07) is 10.9. The highest BCUT2D eigenvalue weighted by atomic mass is 16.2. The van der Waals surface area contributed by atoms with E-state index in [4.69, 9.17) is 0 Å². The lowest BCUT2D eigenvalue weighted by Gasteiger charge is -2.39. The largest absolute Gasteiger partial charge is 0.341 e. The Hall–Kier alpha value is -1.35. The van der Waals surface area contributed by atoms with E-state index < -0.39 is 0 Å². The smallest absolute Gasteiger partial charge is 0.225 e. The highest BCUT2D eigenvalue weighted by molar-refractivity contribution is 5.79. The van der Waals surface area contributed by atoms with Crippen molar-refractivity contribution >= 4 is 5.91 Å². The van der Waals surface area contributed by atoms with Crippen molar-refractivity contribution in [1.29, 1.82) is 0 Å². The molecule has 23 heavy (non-hydrogen) atoms. The minimum atomic E-state index is 0.195. The van der Waals surface area contributed by atoms with E-state index >= 15 is 0 Å². The second-order valence-electron chi connectivity index (χ2n) is 6.83. The number of benzene rings is 1. The summed E-state index contributed by atoms with van der Waals surface area (Å²) in [5.74, 6) is 1.18. The molecule has 1 amide bonds. The number of hydrogen-bond donors (Lipinski definition) is 1. The topological polar surface area (TPSA) is 32.3 Å². The van der Waals surface area contributed by atoms with Gasteiger partial charge in [0.05, 0.1) is 0 Å². The van der Waals surface area contributed by atoms with E-state index in [1.54, 1.807) is 0 Å². The second-order valence-corrected chi connectivity index (χ2v) is 6.83. The predicted octanol–water partition coefficient (Wildman–Crippen LogP) is 3.84. The summed E-state index contributed by atoms with van der Waals surface area (Å²) in [6.45, 7) is 9.17. The van der Waals surface area contributed by atoms with Gasteiger partial charge in [0.1, 0.15) is 0 Å². The maximum atomic E-state index is 12.7. The van der Waals surface area contributed by atoms with Crippen LogP contribution in [0.2, 0.25) is 0 Å². The van der Waals surface area contributed by atoms with E-state index in [9.17, 15) is 4.79 Å². The highest BCUT2D eigenvalue weighted by Crippen LogP contribution is 2.23. The fourth-order valence-electron chi connectivity index (χ4n) is 3.58. The number of likely N-dealkylation sites (tertiary alicyclic amines) is 1. The van der Waals surface area contributed by atoms with Gasteiger partial charge in [0.2, 0.25) is 5.91 Å². The molecule has 3 heteroatoms. The van der Waals surface area contributed by atoms with E-state index in [1.165, 1.54) is 12.0 Å². The van der Waals surface area contributed by atoms with Gasteiger partial charge in [-0.3, -0.25) is 4.79 Å². The molecule has 0 bridgehead atoms.